The first-order chi connectivity index (χ1) is 11.2. The van der Waals surface area contributed by atoms with Crippen molar-refractivity contribution in [1.82, 2.24) is 15.6 Å². The minimum absolute atomic E-state index is 0.269. The monoisotopic (exact) mass is 316 g/mol. The van der Waals surface area contributed by atoms with E-state index < -0.39 is 0 Å². The van der Waals surface area contributed by atoms with E-state index in [9.17, 15) is 4.39 Å². The molecule has 0 amide bonds. The Morgan fingerprint density at radius 3 is 2.70 bits per heavy atom. The number of hydrogen-bond acceptors (Lipinski definition) is 3. The first-order valence-electron chi connectivity index (χ1n) is 7.42. The first-order valence-corrected chi connectivity index (χ1v) is 7.42. The Morgan fingerprint density at radius 1 is 1.22 bits per heavy atom. The number of nitrogens with zero attached hydrogens (tertiary/aromatic N) is 2. The summed E-state index contributed by atoms with van der Waals surface area (Å²) in [7, 11) is 1.66. The van der Waals surface area contributed by atoms with Gasteiger partial charge in [-0.2, -0.15) is 0 Å². The van der Waals surface area contributed by atoms with E-state index in [1.54, 1.807) is 19.3 Å². The third-order valence-electron chi connectivity index (χ3n) is 3.17. The van der Waals surface area contributed by atoms with Crippen LogP contribution in [0.1, 0.15) is 11.3 Å². The van der Waals surface area contributed by atoms with Crippen LogP contribution >= 0.6 is 0 Å². The zero-order chi connectivity index (χ0) is 16.5. The average Bonchev–Trinajstić information content (AvgIpc) is 2.57. The van der Waals surface area contributed by atoms with Crippen LogP contribution in [0, 0.1) is 12.7 Å². The topological polar surface area (TPSA) is 58.5 Å². The molecule has 0 unspecified atom stereocenters. The Balaban J connectivity index is 1.71. The molecule has 0 saturated heterocycles. The average molecular weight is 316 g/mol. The molecule has 23 heavy (non-hydrogen) atoms. The van der Waals surface area contributed by atoms with Gasteiger partial charge < -0.3 is 15.4 Å². The molecule has 0 radical (unpaired) electrons. The fourth-order valence-corrected chi connectivity index (χ4v) is 1.91. The molecule has 0 spiro atoms. The fraction of sp³-hybridized carbons (Fsp3) is 0.294. The van der Waals surface area contributed by atoms with Crippen LogP contribution in [0.4, 0.5) is 4.39 Å². The molecule has 2 rings (SSSR count). The number of aromatic nitrogens is 1. The van der Waals surface area contributed by atoms with Crippen LogP contribution in [0.3, 0.4) is 0 Å². The van der Waals surface area contributed by atoms with Gasteiger partial charge in [-0.25, -0.2) is 4.39 Å². The van der Waals surface area contributed by atoms with Crippen molar-refractivity contribution in [2.75, 3.05) is 20.2 Å². The lowest BCUT2D eigenvalue weighted by atomic mass is 10.2. The minimum atomic E-state index is -0.335. The number of aryl methyl sites for hydroxylation is 1. The summed E-state index contributed by atoms with van der Waals surface area (Å²) in [6.07, 6.45) is 1.56. The molecule has 0 saturated carbocycles. The summed E-state index contributed by atoms with van der Waals surface area (Å²) in [4.78, 5) is 8.06. The number of guanidine groups is 1. The number of nitrogens with one attached hydrogen (secondary N) is 2. The first kappa shape index (κ1) is 16.7. The van der Waals surface area contributed by atoms with Gasteiger partial charge in [0.15, 0.2) is 5.96 Å². The summed E-state index contributed by atoms with van der Waals surface area (Å²) in [5, 5.41) is 6.12. The second-order valence-electron chi connectivity index (χ2n) is 4.95. The summed E-state index contributed by atoms with van der Waals surface area (Å²) in [5.74, 6) is 1.07. The summed E-state index contributed by atoms with van der Waals surface area (Å²) in [6.45, 7) is 3.39. The van der Waals surface area contributed by atoms with E-state index in [4.69, 9.17) is 4.74 Å². The van der Waals surface area contributed by atoms with Gasteiger partial charge in [-0.1, -0.05) is 17.7 Å². The largest absolute Gasteiger partial charge is 0.492 e. The molecule has 0 aliphatic carbocycles. The molecule has 1 aromatic heterocycles. The predicted molar refractivity (Wildman–Crippen MR) is 89.1 cm³/mol. The smallest absolute Gasteiger partial charge is 0.191 e. The van der Waals surface area contributed by atoms with Crippen molar-refractivity contribution in [3.05, 3.63) is 59.7 Å². The summed E-state index contributed by atoms with van der Waals surface area (Å²) >= 11 is 0. The quantitative estimate of drug-likeness (QED) is 0.488. The molecule has 0 fully saturated rings. The maximum atomic E-state index is 13.5. The maximum Gasteiger partial charge on any atom is 0.191 e. The molecule has 0 aliphatic heterocycles. The molecule has 5 nitrogen and oxygen atoms in total. The molecule has 2 N–H and O–H groups in total. The highest BCUT2D eigenvalue weighted by molar-refractivity contribution is 5.79. The third-order valence-corrected chi connectivity index (χ3v) is 3.17. The van der Waals surface area contributed by atoms with Gasteiger partial charge in [-0.3, -0.25) is 9.98 Å². The van der Waals surface area contributed by atoms with Crippen LogP contribution in [0.2, 0.25) is 0 Å². The molecule has 0 atom stereocenters. The standard InChI is InChI=1S/C17H21FN4O/c1-13-5-7-14(8-6-13)23-11-10-21-17(19-2)22-12-16-15(18)4-3-9-20-16/h3-9H,10-12H2,1-2H3,(H2,19,21,22). The van der Waals surface area contributed by atoms with Gasteiger partial charge in [0, 0.05) is 13.2 Å². The van der Waals surface area contributed by atoms with E-state index in [1.165, 1.54) is 11.6 Å². The molecule has 0 aliphatic rings. The summed E-state index contributed by atoms with van der Waals surface area (Å²) in [6, 6.07) is 10.8. The zero-order valence-corrected chi connectivity index (χ0v) is 13.3. The highest BCUT2D eigenvalue weighted by atomic mass is 19.1. The number of rotatable bonds is 6. The Morgan fingerprint density at radius 2 is 2.00 bits per heavy atom. The maximum absolute atomic E-state index is 13.5. The molecular weight excluding hydrogens is 295 g/mol. The summed E-state index contributed by atoms with van der Waals surface area (Å²) in [5.41, 5.74) is 1.55. The SMILES string of the molecule is CN=C(NCCOc1ccc(C)cc1)NCc1ncccc1F. The molecule has 0 bridgehead atoms. The minimum Gasteiger partial charge on any atom is -0.492 e. The highest BCUT2D eigenvalue weighted by Gasteiger charge is 2.03. The number of benzene rings is 1. The van der Waals surface area contributed by atoms with Crippen LogP contribution in [0.25, 0.3) is 0 Å². The van der Waals surface area contributed by atoms with Gasteiger partial charge in [0.05, 0.1) is 18.8 Å². The summed E-state index contributed by atoms with van der Waals surface area (Å²) < 4.78 is 19.1. The van der Waals surface area contributed by atoms with Gasteiger partial charge in [-0.05, 0) is 31.2 Å². The van der Waals surface area contributed by atoms with Crippen molar-refractivity contribution in [2.45, 2.75) is 13.5 Å². The second-order valence-corrected chi connectivity index (χ2v) is 4.95. The molecule has 1 heterocycles. The lowest BCUT2D eigenvalue weighted by Crippen LogP contribution is -2.39. The highest BCUT2D eigenvalue weighted by Crippen LogP contribution is 2.10. The second kappa shape index (κ2) is 8.73. The van der Waals surface area contributed by atoms with Crippen molar-refractivity contribution in [1.29, 1.82) is 0 Å². The van der Waals surface area contributed by atoms with Crippen LogP contribution in [-0.2, 0) is 6.54 Å². The Hall–Kier alpha value is -2.63. The van der Waals surface area contributed by atoms with E-state index in [-0.39, 0.29) is 12.4 Å². The number of halogens is 1. The van der Waals surface area contributed by atoms with Gasteiger partial charge in [0.1, 0.15) is 18.2 Å². The zero-order valence-electron chi connectivity index (χ0n) is 13.3. The van der Waals surface area contributed by atoms with Crippen molar-refractivity contribution >= 4 is 5.96 Å². The number of hydrogen-bond donors (Lipinski definition) is 2. The Labute approximate surface area is 135 Å². The molecule has 6 heteroatoms. The lowest BCUT2D eigenvalue weighted by molar-refractivity contribution is 0.322. The van der Waals surface area contributed by atoms with Gasteiger partial charge in [0.2, 0.25) is 0 Å². The lowest BCUT2D eigenvalue weighted by Gasteiger charge is -2.12. The normalized spacial score (nSPS) is 11.2. The molecule has 2 aromatic rings. The van der Waals surface area contributed by atoms with Crippen LogP contribution in [-0.4, -0.2) is 31.1 Å². The van der Waals surface area contributed by atoms with E-state index in [0.717, 1.165) is 5.75 Å². The van der Waals surface area contributed by atoms with Gasteiger partial charge in [-0.15, -0.1) is 0 Å². The number of ether oxygens (including phenoxy) is 1. The fourth-order valence-electron chi connectivity index (χ4n) is 1.91. The Kier molecular flexibility index (Phi) is 6.35. The van der Waals surface area contributed by atoms with Gasteiger partial charge >= 0.3 is 0 Å². The van der Waals surface area contributed by atoms with Crippen molar-refractivity contribution in [3.8, 4) is 5.75 Å². The van der Waals surface area contributed by atoms with E-state index >= 15 is 0 Å². The van der Waals surface area contributed by atoms with Crippen molar-refractivity contribution in [2.24, 2.45) is 4.99 Å². The van der Waals surface area contributed by atoms with Crippen molar-refractivity contribution < 1.29 is 9.13 Å². The third kappa shape index (κ3) is 5.58. The number of aliphatic imine (C=N–C) groups is 1. The van der Waals surface area contributed by atoms with E-state index in [0.29, 0.717) is 24.8 Å². The predicted octanol–water partition coefficient (Wildman–Crippen LogP) is 2.27. The van der Waals surface area contributed by atoms with Crippen LogP contribution in [0.5, 0.6) is 5.75 Å². The van der Waals surface area contributed by atoms with E-state index in [1.807, 2.05) is 31.2 Å². The van der Waals surface area contributed by atoms with Crippen molar-refractivity contribution in [3.63, 3.8) is 0 Å². The molecule has 122 valence electrons. The van der Waals surface area contributed by atoms with Crippen LogP contribution < -0.4 is 15.4 Å². The Bertz CT molecular complexity index is 643. The number of pyridine rings is 1. The molecule has 1 aromatic carbocycles. The van der Waals surface area contributed by atoms with E-state index in [2.05, 4.69) is 20.6 Å². The molecular formula is C17H21FN4O. The van der Waals surface area contributed by atoms with Crippen LogP contribution in [0.15, 0.2) is 47.6 Å². The van der Waals surface area contributed by atoms with Gasteiger partial charge in [0.25, 0.3) is 0 Å².